The van der Waals surface area contributed by atoms with Gasteiger partial charge in [-0.05, 0) is 44.0 Å². The van der Waals surface area contributed by atoms with Gasteiger partial charge in [-0.3, -0.25) is 19.9 Å². The molecule has 180 valence electrons. The van der Waals surface area contributed by atoms with E-state index >= 15 is 0 Å². The third kappa shape index (κ3) is 5.24. The van der Waals surface area contributed by atoms with Crippen LogP contribution in [0.1, 0.15) is 43.4 Å². The average molecular weight is 494 g/mol. The predicted octanol–water partition coefficient (Wildman–Crippen LogP) is 4.15. The number of esters is 1. The van der Waals surface area contributed by atoms with Crippen LogP contribution in [0.5, 0.6) is 0 Å². The van der Waals surface area contributed by atoms with Crippen LogP contribution < -0.4 is 10.9 Å². The molecule has 0 radical (unpaired) electrons. The summed E-state index contributed by atoms with van der Waals surface area (Å²) in [5.41, 5.74) is 2.41. The lowest BCUT2D eigenvalue weighted by Gasteiger charge is -2.29. The van der Waals surface area contributed by atoms with E-state index in [9.17, 15) is 19.7 Å². The van der Waals surface area contributed by atoms with Crippen molar-refractivity contribution in [3.8, 4) is 0 Å². The van der Waals surface area contributed by atoms with Crippen molar-refractivity contribution in [1.29, 1.82) is 0 Å². The number of nitro groups is 1. The quantitative estimate of drug-likeness (QED) is 0.163. The number of carbonyl (C=O) groups is 1. The van der Waals surface area contributed by atoms with Gasteiger partial charge in [-0.25, -0.2) is 9.78 Å². The smallest absolute Gasteiger partial charge is 0.337 e. The highest BCUT2D eigenvalue weighted by Crippen LogP contribution is 2.40. The van der Waals surface area contributed by atoms with Gasteiger partial charge in [-0.15, -0.1) is 0 Å². The van der Waals surface area contributed by atoms with Gasteiger partial charge in [0.25, 0.3) is 11.2 Å². The molecule has 0 fully saturated rings. The van der Waals surface area contributed by atoms with Crippen LogP contribution in [0.15, 0.2) is 70.0 Å². The normalized spacial score (nSPS) is 14.9. The number of hydrogen-bond acceptors (Lipinski definition) is 9. The number of benzene rings is 1. The third-order valence-corrected chi connectivity index (χ3v) is 6.29. The highest BCUT2D eigenvalue weighted by Gasteiger charge is 2.36. The van der Waals surface area contributed by atoms with Crippen LogP contribution in [0, 0.1) is 10.1 Å². The molecule has 35 heavy (non-hydrogen) atoms. The van der Waals surface area contributed by atoms with Gasteiger partial charge in [0.05, 0.1) is 28.1 Å². The molecule has 0 saturated heterocycles. The molecule has 3 aromatic rings. The fourth-order valence-corrected chi connectivity index (χ4v) is 4.62. The molecule has 0 unspecified atom stereocenters. The van der Waals surface area contributed by atoms with Crippen molar-refractivity contribution in [3.05, 3.63) is 97.2 Å². The van der Waals surface area contributed by atoms with E-state index in [-0.39, 0.29) is 17.4 Å². The van der Waals surface area contributed by atoms with Crippen LogP contribution in [0.3, 0.4) is 0 Å². The topological polar surface area (TPSA) is 140 Å². The lowest BCUT2D eigenvalue weighted by Crippen LogP contribution is -2.31. The summed E-state index contributed by atoms with van der Waals surface area (Å²) in [4.78, 5) is 48.1. The molecule has 4 rings (SSSR count). The lowest BCUT2D eigenvalue weighted by atomic mass is 9.83. The number of H-pyrrole nitrogens is 1. The van der Waals surface area contributed by atoms with E-state index in [0.29, 0.717) is 33.6 Å². The van der Waals surface area contributed by atoms with Gasteiger partial charge >= 0.3 is 5.97 Å². The number of ether oxygens (including phenoxy) is 1. The third-order valence-electron chi connectivity index (χ3n) is 5.35. The number of nitrogens with zero attached hydrogens (tertiary/aromatic N) is 3. The Morgan fingerprint density at radius 3 is 2.51 bits per heavy atom. The Morgan fingerprint density at radius 2 is 1.89 bits per heavy atom. The van der Waals surface area contributed by atoms with E-state index < -0.39 is 16.8 Å². The van der Waals surface area contributed by atoms with E-state index in [2.05, 4.69) is 20.3 Å². The van der Waals surface area contributed by atoms with Crippen LogP contribution in [-0.2, 0) is 15.3 Å². The largest absolute Gasteiger partial charge is 0.460 e. The van der Waals surface area contributed by atoms with Gasteiger partial charge in [0, 0.05) is 36.0 Å². The van der Waals surface area contributed by atoms with Crippen molar-refractivity contribution in [3.63, 3.8) is 0 Å². The Bertz CT molecular complexity index is 1350. The second-order valence-corrected chi connectivity index (χ2v) is 9.14. The fourth-order valence-electron chi connectivity index (χ4n) is 3.80. The summed E-state index contributed by atoms with van der Waals surface area (Å²) in [6.07, 6.45) is 2.89. The van der Waals surface area contributed by atoms with Crippen molar-refractivity contribution in [2.45, 2.75) is 43.7 Å². The first-order chi connectivity index (χ1) is 16.7. The lowest BCUT2D eigenvalue weighted by molar-refractivity contribution is -0.384. The molecule has 1 aromatic carbocycles. The number of thioether (sulfide) groups is 1. The molecule has 3 heterocycles. The van der Waals surface area contributed by atoms with E-state index in [1.165, 1.54) is 23.9 Å². The number of rotatable bonds is 7. The number of hydrogen-bond donors (Lipinski definition) is 2. The molecule has 10 nitrogen and oxygen atoms in total. The molecule has 2 N–H and O–H groups in total. The van der Waals surface area contributed by atoms with Gasteiger partial charge in [-0.1, -0.05) is 23.9 Å². The van der Waals surface area contributed by atoms with Crippen LogP contribution in [0.25, 0.3) is 0 Å². The van der Waals surface area contributed by atoms with Gasteiger partial charge in [0.15, 0.2) is 5.16 Å². The van der Waals surface area contributed by atoms with E-state index in [1.807, 2.05) is 0 Å². The number of nitrogens with one attached hydrogen (secondary N) is 2. The van der Waals surface area contributed by atoms with Crippen LogP contribution in [0.2, 0.25) is 0 Å². The van der Waals surface area contributed by atoms with Crippen molar-refractivity contribution in [2.75, 3.05) is 5.32 Å². The highest BCUT2D eigenvalue weighted by molar-refractivity contribution is 7.98. The maximum atomic E-state index is 13.3. The number of anilines is 1. The number of allylic oxidation sites excluding steroid dienone is 1. The zero-order valence-electron chi connectivity index (χ0n) is 19.3. The molecule has 1 aliphatic heterocycles. The molecule has 0 aliphatic carbocycles. The number of aromatic nitrogens is 3. The summed E-state index contributed by atoms with van der Waals surface area (Å²) in [7, 11) is 0. The Labute approximate surface area is 205 Å². The molecular formula is C24H23N5O5S. The van der Waals surface area contributed by atoms with Crippen molar-refractivity contribution in [1.82, 2.24) is 15.0 Å². The molecule has 0 saturated carbocycles. The number of fused-ring (bicyclic) bond motifs is 1. The van der Waals surface area contributed by atoms with Crippen LogP contribution in [0.4, 0.5) is 11.5 Å². The number of nitro benzene ring substituents is 1. The summed E-state index contributed by atoms with van der Waals surface area (Å²) in [5, 5.41) is 14.3. The maximum Gasteiger partial charge on any atom is 0.337 e. The standard InChI is InChI=1S/C24H23N5O5S/c1-13(2)34-23(31)18-14(3)26-21-20(19(18)16-8-10-25-11-9-16)22(30)28-24(27-21)35-12-15-4-6-17(7-5-15)29(32)33/h4-11,13,19H,12H2,1-3H3,(H2,26,27,28,30)/t19-/m1/s1. The SMILES string of the molecule is CC1=C(C(=O)OC(C)C)[C@@H](c2ccncc2)c2c(nc(SCc3ccc([N+](=O)[O-])cc3)[nH]c2=O)N1. The van der Waals surface area contributed by atoms with E-state index in [4.69, 9.17) is 4.74 Å². The van der Waals surface area contributed by atoms with E-state index in [1.54, 1.807) is 57.4 Å². The predicted molar refractivity (Wildman–Crippen MR) is 131 cm³/mol. The minimum Gasteiger partial charge on any atom is -0.460 e. The minimum absolute atomic E-state index is 0.0134. The molecule has 0 bridgehead atoms. The second kappa shape index (κ2) is 10.1. The molecule has 1 atom stereocenters. The van der Waals surface area contributed by atoms with Gasteiger partial charge in [0.2, 0.25) is 0 Å². The Kier molecular flexibility index (Phi) is 6.97. The number of non-ortho nitro benzene ring substituents is 1. The molecule has 0 spiro atoms. The van der Waals surface area contributed by atoms with Crippen molar-refractivity contribution in [2.24, 2.45) is 0 Å². The number of pyridine rings is 1. The molecule has 2 aromatic heterocycles. The summed E-state index contributed by atoms with van der Waals surface area (Å²) >= 11 is 1.29. The van der Waals surface area contributed by atoms with E-state index in [0.717, 1.165) is 11.1 Å². The fraction of sp³-hybridized carbons (Fsp3) is 0.250. The highest BCUT2D eigenvalue weighted by atomic mass is 32.2. The number of carbonyl (C=O) groups excluding carboxylic acids is 1. The average Bonchev–Trinajstić information content (AvgIpc) is 2.82. The Hall–Kier alpha value is -3.99. The monoisotopic (exact) mass is 493 g/mol. The molecular weight excluding hydrogens is 470 g/mol. The van der Waals surface area contributed by atoms with Crippen molar-refractivity contribution >= 4 is 29.2 Å². The summed E-state index contributed by atoms with van der Waals surface area (Å²) in [6, 6.07) is 9.72. The zero-order valence-corrected chi connectivity index (χ0v) is 20.1. The summed E-state index contributed by atoms with van der Waals surface area (Å²) < 4.78 is 5.47. The molecule has 11 heteroatoms. The first-order valence-electron chi connectivity index (χ1n) is 10.8. The maximum absolute atomic E-state index is 13.3. The molecule has 0 amide bonds. The zero-order chi connectivity index (χ0) is 25.1. The Morgan fingerprint density at radius 1 is 1.20 bits per heavy atom. The van der Waals surface area contributed by atoms with Gasteiger partial charge < -0.3 is 15.0 Å². The number of aromatic amines is 1. The second-order valence-electron chi connectivity index (χ2n) is 8.18. The minimum atomic E-state index is -0.675. The van der Waals surface area contributed by atoms with Gasteiger partial charge in [-0.2, -0.15) is 0 Å². The van der Waals surface area contributed by atoms with Crippen LogP contribution in [-0.4, -0.2) is 31.9 Å². The van der Waals surface area contributed by atoms with Crippen molar-refractivity contribution < 1.29 is 14.5 Å². The Balaban J connectivity index is 1.68. The summed E-state index contributed by atoms with van der Waals surface area (Å²) in [5.74, 6) is -0.367. The first kappa shape index (κ1) is 24.1. The first-order valence-corrected chi connectivity index (χ1v) is 11.8. The molecule has 1 aliphatic rings. The summed E-state index contributed by atoms with van der Waals surface area (Å²) in [6.45, 7) is 5.28. The van der Waals surface area contributed by atoms with Crippen LogP contribution >= 0.6 is 11.8 Å². The van der Waals surface area contributed by atoms with Gasteiger partial charge in [0.1, 0.15) is 5.82 Å².